The summed E-state index contributed by atoms with van der Waals surface area (Å²) < 4.78 is 2.19. The normalized spacial score (nSPS) is 11.1. The molecule has 0 aromatic carbocycles. The maximum atomic E-state index is 4.32. The zero-order valence-corrected chi connectivity index (χ0v) is 12.3. The molecule has 1 N–H and O–H groups in total. The summed E-state index contributed by atoms with van der Waals surface area (Å²) in [5.74, 6) is 1.11. The van der Waals surface area contributed by atoms with Crippen molar-refractivity contribution in [2.75, 3.05) is 13.1 Å². The van der Waals surface area contributed by atoms with Crippen molar-refractivity contribution < 1.29 is 0 Å². The Hall–Kier alpha value is -0.830. The van der Waals surface area contributed by atoms with Gasteiger partial charge in [-0.2, -0.15) is 0 Å². The third kappa shape index (κ3) is 5.67. The van der Waals surface area contributed by atoms with Gasteiger partial charge in [-0.05, 0) is 39.3 Å². The lowest BCUT2D eigenvalue weighted by molar-refractivity contribution is 0.571. The van der Waals surface area contributed by atoms with Crippen molar-refractivity contribution in [2.45, 2.75) is 58.8 Å². The molecule has 0 fully saturated rings. The highest BCUT2D eigenvalue weighted by atomic mass is 15.0. The van der Waals surface area contributed by atoms with Crippen LogP contribution in [-0.2, 0) is 13.5 Å². The lowest BCUT2D eigenvalue weighted by atomic mass is 10.1. The van der Waals surface area contributed by atoms with E-state index >= 15 is 0 Å². The summed E-state index contributed by atoms with van der Waals surface area (Å²) in [5, 5.41) is 3.53. The van der Waals surface area contributed by atoms with Crippen LogP contribution in [0.25, 0.3) is 0 Å². The molecule has 0 aliphatic rings. The molecule has 0 unspecified atom stereocenters. The number of imidazole rings is 1. The fraction of sp³-hybridized carbons (Fsp3) is 0.800. The average molecular weight is 251 g/mol. The second kappa shape index (κ2) is 9.15. The summed E-state index contributed by atoms with van der Waals surface area (Å²) in [4.78, 5) is 4.32. The maximum Gasteiger partial charge on any atom is 0.105 e. The molecule has 0 aliphatic heterocycles. The van der Waals surface area contributed by atoms with Crippen LogP contribution < -0.4 is 5.32 Å². The van der Waals surface area contributed by atoms with Crippen LogP contribution in [0.3, 0.4) is 0 Å². The molecule has 0 aliphatic carbocycles. The molecular weight excluding hydrogens is 222 g/mol. The van der Waals surface area contributed by atoms with Crippen molar-refractivity contribution in [2.24, 2.45) is 7.05 Å². The first-order valence-electron chi connectivity index (χ1n) is 7.43. The zero-order chi connectivity index (χ0) is 13.2. The smallest absolute Gasteiger partial charge is 0.105 e. The Kier molecular flexibility index (Phi) is 7.74. The van der Waals surface area contributed by atoms with E-state index < -0.39 is 0 Å². The second-order valence-electron chi connectivity index (χ2n) is 5.12. The van der Waals surface area contributed by atoms with Gasteiger partial charge < -0.3 is 9.88 Å². The molecule has 0 bridgehead atoms. The fourth-order valence-corrected chi connectivity index (χ4v) is 2.15. The Morgan fingerprint density at radius 3 is 2.50 bits per heavy atom. The van der Waals surface area contributed by atoms with Crippen LogP contribution in [0.5, 0.6) is 0 Å². The Labute approximate surface area is 112 Å². The molecule has 0 spiro atoms. The number of rotatable bonds is 10. The lowest BCUT2D eigenvalue weighted by Gasteiger charge is -2.06. The summed E-state index contributed by atoms with van der Waals surface area (Å²) >= 11 is 0. The van der Waals surface area contributed by atoms with E-state index in [9.17, 15) is 0 Å². The minimum absolute atomic E-state index is 1.11. The highest BCUT2D eigenvalue weighted by molar-refractivity contribution is 5.03. The molecule has 0 amide bonds. The van der Waals surface area contributed by atoms with Crippen molar-refractivity contribution in [3.63, 3.8) is 0 Å². The van der Waals surface area contributed by atoms with Gasteiger partial charge in [-0.15, -0.1) is 0 Å². The fourth-order valence-electron chi connectivity index (χ4n) is 2.15. The SMILES string of the molecule is CCCCCCCNCCCc1cnc(C)n1C. The maximum absolute atomic E-state index is 4.32. The second-order valence-corrected chi connectivity index (χ2v) is 5.12. The van der Waals surface area contributed by atoms with Crippen LogP contribution in [0.1, 0.15) is 57.0 Å². The first-order chi connectivity index (χ1) is 8.75. The van der Waals surface area contributed by atoms with Gasteiger partial charge >= 0.3 is 0 Å². The molecule has 1 heterocycles. The highest BCUT2D eigenvalue weighted by Gasteiger charge is 2.01. The van der Waals surface area contributed by atoms with Gasteiger partial charge in [-0.25, -0.2) is 4.98 Å². The predicted molar refractivity (Wildman–Crippen MR) is 77.9 cm³/mol. The van der Waals surface area contributed by atoms with Gasteiger partial charge in [0.05, 0.1) is 0 Å². The molecule has 0 atom stereocenters. The zero-order valence-electron chi connectivity index (χ0n) is 12.3. The topological polar surface area (TPSA) is 29.9 Å². The summed E-state index contributed by atoms with van der Waals surface area (Å²) in [6, 6.07) is 0. The number of aryl methyl sites for hydroxylation is 2. The number of nitrogens with zero attached hydrogens (tertiary/aromatic N) is 2. The van der Waals surface area contributed by atoms with Crippen molar-refractivity contribution in [1.82, 2.24) is 14.9 Å². The molecule has 1 aromatic heterocycles. The molecular formula is C15H29N3. The van der Waals surface area contributed by atoms with Crippen LogP contribution in [0, 0.1) is 6.92 Å². The first kappa shape index (κ1) is 15.2. The quantitative estimate of drug-likeness (QED) is 0.647. The number of hydrogen-bond donors (Lipinski definition) is 1. The molecule has 18 heavy (non-hydrogen) atoms. The van der Waals surface area contributed by atoms with Gasteiger partial charge in [-0.3, -0.25) is 0 Å². The molecule has 0 saturated heterocycles. The van der Waals surface area contributed by atoms with E-state index in [4.69, 9.17) is 0 Å². The summed E-state index contributed by atoms with van der Waals surface area (Å²) in [6.07, 6.45) is 11.1. The summed E-state index contributed by atoms with van der Waals surface area (Å²) in [6.45, 7) is 6.61. The Morgan fingerprint density at radius 2 is 1.83 bits per heavy atom. The van der Waals surface area contributed by atoms with Crippen molar-refractivity contribution in [3.05, 3.63) is 17.7 Å². The van der Waals surface area contributed by atoms with E-state index in [1.165, 1.54) is 50.8 Å². The molecule has 1 aromatic rings. The lowest BCUT2D eigenvalue weighted by Crippen LogP contribution is -2.17. The minimum Gasteiger partial charge on any atom is -0.335 e. The van der Waals surface area contributed by atoms with Crippen molar-refractivity contribution >= 4 is 0 Å². The third-order valence-corrected chi connectivity index (χ3v) is 3.56. The first-order valence-corrected chi connectivity index (χ1v) is 7.43. The number of nitrogens with one attached hydrogen (secondary N) is 1. The molecule has 3 heteroatoms. The molecule has 104 valence electrons. The van der Waals surface area contributed by atoms with Gasteiger partial charge in [0, 0.05) is 18.9 Å². The molecule has 3 nitrogen and oxygen atoms in total. The minimum atomic E-state index is 1.11. The van der Waals surface area contributed by atoms with Crippen LogP contribution in [0.15, 0.2) is 6.20 Å². The van der Waals surface area contributed by atoms with E-state index in [0.717, 1.165) is 18.8 Å². The highest BCUT2D eigenvalue weighted by Crippen LogP contribution is 2.04. The van der Waals surface area contributed by atoms with Gasteiger partial charge in [0.15, 0.2) is 0 Å². The van der Waals surface area contributed by atoms with Gasteiger partial charge in [0.2, 0.25) is 0 Å². The van der Waals surface area contributed by atoms with E-state index in [-0.39, 0.29) is 0 Å². The van der Waals surface area contributed by atoms with Gasteiger partial charge in [0.1, 0.15) is 5.82 Å². The van der Waals surface area contributed by atoms with Crippen LogP contribution in [0.2, 0.25) is 0 Å². The van der Waals surface area contributed by atoms with Gasteiger partial charge in [0.25, 0.3) is 0 Å². The third-order valence-electron chi connectivity index (χ3n) is 3.56. The van der Waals surface area contributed by atoms with Gasteiger partial charge in [-0.1, -0.05) is 32.6 Å². The summed E-state index contributed by atoms with van der Waals surface area (Å²) in [7, 11) is 2.10. The van der Waals surface area contributed by atoms with Crippen LogP contribution in [-0.4, -0.2) is 22.6 Å². The molecule has 1 rings (SSSR count). The number of unbranched alkanes of at least 4 members (excludes halogenated alkanes) is 4. The summed E-state index contributed by atoms with van der Waals surface area (Å²) in [5.41, 5.74) is 1.34. The Bertz CT molecular complexity index is 318. The monoisotopic (exact) mass is 251 g/mol. The van der Waals surface area contributed by atoms with Crippen molar-refractivity contribution in [3.8, 4) is 0 Å². The van der Waals surface area contributed by atoms with Crippen LogP contribution in [0.4, 0.5) is 0 Å². The molecule has 0 radical (unpaired) electrons. The Morgan fingerprint density at radius 1 is 1.11 bits per heavy atom. The largest absolute Gasteiger partial charge is 0.335 e. The van der Waals surface area contributed by atoms with E-state index in [1.54, 1.807) is 0 Å². The van der Waals surface area contributed by atoms with Crippen LogP contribution >= 0.6 is 0 Å². The molecule has 0 saturated carbocycles. The van der Waals surface area contributed by atoms with E-state index in [2.05, 4.69) is 35.8 Å². The van der Waals surface area contributed by atoms with E-state index in [0.29, 0.717) is 0 Å². The average Bonchev–Trinajstić information content (AvgIpc) is 2.68. The number of aromatic nitrogens is 2. The van der Waals surface area contributed by atoms with Crippen molar-refractivity contribution in [1.29, 1.82) is 0 Å². The standard InChI is InChI=1S/C15H29N3/c1-4-5-6-7-8-11-16-12-9-10-15-13-17-14(2)18(15)3/h13,16H,4-12H2,1-3H3. The number of hydrogen-bond acceptors (Lipinski definition) is 2. The van der Waals surface area contributed by atoms with E-state index in [1.807, 2.05) is 6.20 Å². The predicted octanol–water partition coefficient (Wildman–Crippen LogP) is 3.22. The Balaban J connectivity index is 1.94.